The summed E-state index contributed by atoms with van der Waals surface area (Å²) in [6.07, 6.45) is 1.49. The second-order valence-corrected chi connectivity index (χ2v) is 4.20. The smallest absolute Gasteiger partial charge is 0.315 e. The number of amides is 2. The maximum atomic E-state index is 11.4. The number of nitrogens with one attached hydrogen (secondary N) is 2. The van der Waals surface area contributed by atoms with Crippen LogP contribution in [0.15, 0.2) is 0 Å². The van der Waals surface area contributed by atoms with Gasteiger partial charge in [-0.2, -0.15) is 0 Å². The van der Waals surface area contributed by atoms with Crippen LogP contribution in [0, 0.1) is 0 Å². The molecule has 1 aliphatic heterocycles. The van der Waals surface area contributed by atoms with Crippen molar-refractivity contribution in [2.75, 3.05) is 19.8 Å². The fraction of sp³-hybridized carbons (Fsp3) is 0.800. The Bertz CT molecular complexity index is 262. The summed E-state index contributed by atoms with van der Waals surface area (Å²) in [5.41, 5.74) is -0.244. The van der Waals surface area contributed by atoms with E-state index in [4.69, 9.17) is 9.84 Å². The van der Waals surface area contributed by atoms with Crippen molar-refractivity contribution in [2.24, 2.45) is 0 Å². The highest BCUT2D eigenvalue weighted by Gasteiger charge is 2.28. The molecule has 6 nitrogen and oxygen atoms in total. The third-order valence-electron chi connectivity index (χ3n) is 2.64. The number of carbonyl (C=O) groups excluding carboxylic acids is 1. The first-order valence-corrected chi connectivity index (χ1v) is 5.37. The molecule has 3 N–H and O–H groups in total. The minimum absolute atomic E-state index is 0.0623. The van der Waals surface area contributed by atoms with Crippen LogP contribution < -0.4 is 10.6 Å². The molecule has 0 radical (unpaired) electrons. The third kappa shape index (κ3) is 4.48. The van der Waals surface area contributed by atoms with Crippen molar-refractivity contribution in [1.29, 1.82) is 0 Å². The molecule has 0 aliphatic carbocycles. The van der Waals surface area contributed by atoms with Crippen molar-refractivity contribution >= 4 is 12.0 Å². The Morgan fingerprint density at radius 2 is 2.00 bits per heavy atom. The van der Waals surface area contributed by atoms with E-state index >= 15 is 0 Å². The zero-order chi connectivity index (χ0) is 12.0. The van der Waals surface area contributed by atoms with Crippen LogP contribution in [-0.2, 0) is 9.53 Å². The van der Waals surface area contributed by atoms with Gasteiger partial charge in [0, 0.05) is 25.3 Å². The van der Waals surface area contributed by atoms with Crippen LogP contribution in [0.4, 0.5) is 4.79 Å². The van der Waals surface area contributed by atoms with Gasteiger partial charge < -0.3 is 20.5 Å². The molecule has 1 rings (SSSR count). The van der Waals surface area contributed by atoms with Gasteiger partial charge in [-0.1, -0.05) is 0 Å². The van der Waals surface area contributed by atoms with Crippen LogP contribution in [-0.4, -0.2) is 42.4 Å². The number of carbonyl (C=O) groups is 2. The fourth-order valence-corrected chi connectivity index (χ4v) is 1.55. The molecule has 0 aromatic heterocycles. The van der Waals surface area contributed by atoms with E-state index in [1.807, 2.05) is 6.92 Å². The van der Waals surface area contributed by atoms with Crippen LogP contribution in [0.5, 0.6) is 0 Å². The second kappa shape index (κ2) is 5.69. The molecule has 0 aromatic carbocycles. The maximum absolute atomic E-state index is 11.4. The summed E-state index contributed by atoms with van der Waals surface area (Å²) in [4.78, 5) is 21.7. The van der Waals surface area contributed by atoms with E-state index < -0.39 is 5.97 Å². The number of urea groups is 1. The Morgan fingerprint density at radius 3 is 2.56 bits per heavy atom. The van der Waals surface area contributed by atoms with E-state index in [0.29, 0.717) is 13.2 Å². The molecule has 1 fully saturated rings. The van der Waals surface area contributed by atoms with Gasteiger partial charge >= 0.3 is 12.0 Å². The van der Waals surface area contributed by atoms with Crippen LogP contribution >= 0.6 is 0 Å². The van der Waals surface area contributed by atoms with Crippen molar-refractivity contribution in [3.63, 3.8) is 0 Å². The van der Waals surface area contributed by atoms with E-state index in [2.05, 4.69) is 10.6 Å². The lowest BCUT2D eigenvalue weighted by atomic mass is 9.93. The van der Waals surface area contributed by atoms with Gasteiger partial charge in [0.25, 0.3) is 0 Å². The predicted molar refractivity (Wildman–Crippen MR) is 57.2 cm³/mol. The number of hydrogen-bond donors (Lipinski definition) is 3. The number of carboxylic acid groups (broad SMARTS) is 1. The summed E-state index contributed by atoms with van der Waals surface area (Å²) < 4.78 is 5.21. The van der Waals surface area contributed by atoms with Crippen molar-refractivity contribution in [2.45, 2.75) is 31.7 Å². The number of rotatable bonds is 4. The largest absolute Gasteiger partial charge is 0.481 e. The molecule has 2 amide bonds. The molecular formula is C10H18N2O4. The SMILES string of the molecule is CC1(NC(=O)NCCC(=O)O)CCOCC1. The quantitative estimate of drug-likeness (QED) is 0.649. The standard InChI is InChI=1S/C10H18N2O4/c1-10(3-6-16-7-4-10)12-9(15)11-5-2-8(13)14/h2-7H2,1H3,(H,13,14)(H2,11,12,15). The molecular weight excluding hydrogens is 212 g/mol. The summed E-state index contributed by atoms with van der Waals surface area (Å²) in [5, 5.41) is 13.8. The van der Waals surface area contributed by atoms with Gasteiger partial charge in [-0.15, -0.1) is 0 Å². The summed E-state index contributed by atoms with van der Waals surface area (Å²) in [7, 11) is 0. The van der Waals surface area contributed by atoms with Gasteiger partial charge in [0.15, 0.2) is 0 Å². The molecule has 1 aliphatic rings. The van der Waals surface area contributed by atoms with E-state index in [1.165, 1.54) is 0 Å². The molecule has 0 bridgehead atoms. The molecule has 1 saturated heterocycles. The molecule has 0 spiro atoms. The number of carboxylic acids is 1. The van der Waals surface area contributed by atoms with Crippen LogP contribution in [0.25, 0.3) is 0 Å². The van der Waals surface area contributed by atoms with Crippen LogP contribution in [0.3, 0.4) is 0 Å². The summed E-state index contributed by atoms with van der Waals surface area (Å²) in [5.74, 6) is -0.919. The zero-order valence-corrected chi connectivity index (χ0v) is 9.41. The molecule has 92 valence electrons. The van der Waals surface area contributed by atoms with Crippen molar-refractivity contribution in [3.8, 4) is 0 Å². The minimum Gasteiger partial charge on any atom is -0.481 e. The lowest BCUT2D eigenvalue weighted by molar-refractivity contribution is -0.136. The molecule has 0 unspecified atom stereocenters. The van der Waals surface area contributed by atoms with E-state index in [9.17, 15) is 9.59 Å². The molecule has 0 saturated carbocycles. The van der Waals surface area contributed by atoms with Gasteiger partial charge in [-0.05, 0) is 19.8 Å². The third-order valence-corrected chi connectivity index (χ3v) is 2.64. The van der Waals surface area contributed by atoms with Gasteiger partial charge in [0.1, 0.15) is 0 Å². The van der Waals surface area contributed by atoms with Crippen molar-refractivity contribution < 1.29 is 19.4 Å². The Kier molecular flexibility index (Phi) is 4.54. The number of ether oxygens (including phenoxy) is 1. The first kappa shape index (κ1) is 12.8. The van der Waals surface area contributed by atoms with Gasteiger partial charge in [0.05, 0.1) is 6.42 Å². The summed E-state index contributed by atoms with van der Waals surface area (Å²) in [6, 6.07) is -0.314. The lowest BCUT2D eigenvalue weighted by Gasteiger charge is -2.34. The number of hydrogen-bond acceptors (Lipinski definition) is 3. The Balaban J connectivity index is 2.24. The Labute approximate surface area is 94.3 Å². The van der Waals surface area contributed by atoms with Crippen LogP contribution in [0.2, 0.25) is 0 Å². The number of aliphatic carboxylic acids is 1. The fourth-order valence-electron chi connectivity index (χ4n) is 1.55. The van der Waals surface area contributed by atoms with Crippen LogP contribution in [0.1, 0.15) is 26.2 Å². The topological polar surface area (TPSA) is 87.7 Å². The maximum Gasteiger partial charge on any atom is 0.315 e. The highest BCUT2D eigenvalue weighted by atomic mass is 16.5. The summed E-state index contributed by atoms with van der Waals surface area (Å²) >= 11 is 0. The van der Waals surface area contributed by atoms with E-state index in [1.54, 1.807) is 0 Å². The predicted octanol–water partition coefficient (Wildman–Crippen LogP) is 0.329. The van der Waals surface area contributed by atoms with Gasteiger partial charge in [-0.3, -0.25) is 4.79 Å². The van der Waals surface area contributed by atoms with Gasteiger partial charge in [-0.25, -0.2) is 4.79 Å². The first-order chi connectivity index (χ1) is 7.52. The monoisotopic (exact) mass is 230 g/mol. The zero-order valence-electron chi connectivity index (χ0n) is 9.41. The minimum atomic E-state index is -0.919. The van der Waals surface area contributed by atoms with Gasteiger partial charge in [0.2, 0.25) is 0 Å². The average Bonchev–Trinajstić information content (AvgIpc) is 2.17. The molecule has 6 heteroatoms. The normalized spacial score (nSPS) is 18.8. The Hall–Kier alpha value is -1.30. The summed E-state index contributed by atoms with van der Waals surface area (Å²) in [6.45, 7) is 3.40. The van der Waals surface area contributed by atoms with E-state index in [-0.39, 0.29) is 24.5 Å². The van der Waals surface area contributed by atoms with E-state index in [0.717, 1.165) is 12.8 Å². The van der Waals surface area contributed by atoms with Crippen molar-refractivity contribution in [1.82, 2.24) is 10.6 Å². The lowest BCUT2D eigenvalue weighted by Crippen LogP contribution is -2.53. The molecule has 1 heterocycles. The first-order valence-electron chi connectivity index (χ1n) is 5.37. The highest BCUT2D eigenvalue weighted by Crippen LogP contribution is 2.19. The molecule has 0 atom stereocenters. The Morgan fingerprint density at radius 1 is 1.38 bits per heavy atom. The molecule has 0 aromatic rings. The second-order valence-electron chi connectivity index (χ2n) is 4.20. The average molecular weight is 230 g/mol. The molecule has 16 heavy (non-hydrogen) atoms. The van der Waals surface area contributed by atoms with Crippen molar-refractivity contribution in [3.05, 3.63) is 0 Å². The highest BCUT2D eigenvalue weighted by molar-refractivity contribution is 5.75.